The predicted octanol–water partition coefficient (Wildman–Crippen LogP) is 3.61. The molecule has 0 aliphatic carbocycles. The SMILES string of the molecule is CC(C)(C)C(=O)C(F)=Cc1ccccc1. The van der Waals surface area contributed by atoms with Gasteiger partial charge in [-0.15, -0.1) is 0 Å². The molecule has 0 bridgehead atoms. The predicted molar refractivity (Wildman–Crippen MR) is 60.0 cm³/mol. The van der Waals surface area contributed by atoms with Gasteiger partial charge in [-0.25, -0.2) is 4.39 Å². The maximum Gasteiger partial charge on any atom is 0.196 e. The average Bonchev–Trinajstić information content (AvgIpc) is 2.16. The molecule has 0 aromatic heterocycles. The first kappa shape index (κ1) is 11.6. The van der Waals surface area contributed by atoms with Crippen LogP contribution in [0.15, 0.2) is 36.2 Å². The molecule has 1 nitrogen and oxygen atoms in total. The highest BCUT2D eigenvalue weighted by Gasteiger charge is 2.24. The van der Waals surface area contributed by atoms with Gasteiger partial charge in [0.1, 0.15) is 0 Å². The molecular weight excluding hydrogens is 191 g/mol. The van der Waals surface area contributed by atoms with Crippen molar-refractivity contribution in [1.82, 2.24) is 0 Å². The number of ketones is 1. The lowest BCUT2D eigenvalue weighted by atomic mass is 9.89. The summed E-state index contributed by atoms with van der Waals surface area (Å²) in [6, 6.07) is 8.98. The second kappa shape index (κ2) is 4.39. The molecule has 0 spiro atoms. The number of rotatable bonds is 2. The summed E-state index contributed by atoms with van der Waals surface area (Å²) in [6.07, 6.45) is 1.27. The van der Waals surface area contributed by atoms with Crippen LogP contribution in [0.5, 0.6) is 0 Å². The molecular formula is C13H15FO. The normalized spacial score (nSPS) is 12.7. The van der Waals surface area contributed by atoms with E-state index in [1.165, 1.54) is 6.08 Å². The highest BCUT2D eigenvalue weighted by atomic mass is 19.1. The van der Waals surface area contributed by atoms with Gasteiger partial charge in [0.2, 0.25) is 0 Å². The Morgan fingerprint density at radius 2 is 1.73 bits per heavy atom. The molecule has 1 rings (SSSR count). The van der Waals surface area contributed by atoms with Gasteiger partial charge in [-0.3, -0.25) is 4.79 Å². The minimum Gasteiger partial charge on any atom is -0.291 e. The van der Waals surface area contributed by atoms with Gasteiger partial charge in [0, 0.05) is 5.41 Å². The van der Waals surface area contributed by atoms with Crippen molar-refractivity contribution in [3.05, 3.63) is 41.7 Å². The van der Waals surface area contributed by atoms with Crippen LogP contribution in [0.4, 0.5) is 4.39 Å². The van der Waals surface area contributed by atoms with Gasteiger partial charge in [-0.05, 0) is 11.6 Å². The molecule has 15 heavy (non-hydrogen) atoms. The minimum absolute atomic E-state index is 0.466. The van der Waals surface area contributed by atoms with Crippen molar-refractivity contribution in [3.8, 4) is 0 Å². The van der Waals surface area contributed by atoms with E-state index in [0.29, 0.717) is 5.56 Å². The van der Waals surface area contributed by atoms with E-state index in [0.717, 1.165) is 0 Å². The Bertz CT molecular complexity index is 371. The van der Waals surface area contributed by atoms with Crippen molar-refractivity contribution >= 4 is 11.9 Å². The maximum atomic E-state index is 13.5. The van der Waals surface area contributed by atoms with Crippen molar-refractivity contribution in [2.75, 3.05) is 0 Å². The Hall–Kier alpha value is -1.44. The molecule has 0 aliphatic rings. The lowest BCUT2D eigenvalue weighted by Crippen LogP contribution is -2.20. The Morgan fingerprint density at radius 3 is 2.20 bits per heavy atom. The molecule has 80 valence electrons. The molecule has 1 aromatic rings. The van der Waals surface area contributed by atoms with Crippen molar-refractivity contribution in [3.63, 3.8) is 0 Å². The molecule has 0 fully saturated rings. The van der Waals surface area contributed by atoms with Crippen LogP contribution < -0.4 is 0 Å². The van der Waals surface area contributed by atoms with Crippen LogP contribution in [0.2, 0.25) is 0 Å². The van der Waals surface area contributed by atoms with Crippen LogP contribution in [0.25, 0.3) is 6.08 Å². The van der Waals surface area contributed by atoms with E-state index in [1.54, 1.807) is 45.0 Å². The van der Waals surface area contributed by atoms with Crippen LogP contribution >= 0.6 is 0 Å². The van der Waals surface area contributed by atoms with Gasteiger partial charge in [-0.2, -0.15) is 0 Å². The smallest absolute Gasteiger partial charge is 0.196 e. The fourth-order valence-electron chi connectivity index (χ4n) is 1.12. The van der Waals surface area contributed by atoms with Crippen molar-refractivity contribution in [2.45, 2.75) is 20.8 Å². The Morgan fingerprint density at radius 1 is 1.20 bits per heavy atom. The Balaban J connectivity index is 2.91. The first-order chi connectivity index (χ1) is 6.91. The monoisotopic (exact) mass is 206 g/mol. The first-order valence-corrected chi connectivity index (χ1v) is 4.88. The van der Waals surface area contributed by atoms with Gasteiger partial charge in [0.15, 0.2) is 11.6 Å². The van der Waals surface area contributed by atoms with E-state index in [-0.39, 0.29) is 0 Å². The Kier molecular flexibility index (Phi) is 3.40. The zero-order valence-electron chi connectivity index (χ0n) is 9.25. The average molecular weight is 206 g/mol. The highest BCUT2D eigenvalue weighted by Crippen LogP contribution is 2.22. The van der Waals surface area contributed by atoms with E-state index < -0.39 is 17.0 Å². The molecule has 0 N–H and O–H groups in total. The molecule has 0 radical (unpaired) electrons. The minimum atomic E-state index is -0.686. The van der Waals surface area contributed by atoms with Crippen LogP contribution in [0, 0.1) is 5.41 Å². The van der Waals surface area contributed by atoms with Gasteiger partial charge >= 0.3 is 0 Å². The molecule has 0 unspecified atom stereocenters. The van der Waals surface area contributed by atoms with Crippen LogP contribution in [0.1, 0.15) is 26.3 Å². The number of hydrogen-bond donors (Lipinski definition) is 0. The Labute approximate surface area is 89.6 Å². The standard InChI is InChI=1S/C13H15FO/c1-13(2,3)12(15)11(14)9-10-7-5-4-6-8-10/h4-9H,1-3H3. The summed E-state index contributed by atoms with van der Waals surface area (Å²) in [6.45, 7) is 5.11. The molecule has 1 aromatic carbocycles. The molecule has 0 amide bonds. The van der Waals surface area contributed by atoms with E-state index in [4.69, 9.17) is 0 Å². The molecule has 0 saturated heterocycles. The van der Waals surface area contributed by atoms with Crippen molar-refractivity contribution < 1.29 is 9.18 Å². The van der Waals surface area contributed by atoms with Crippen molar-refractivity contribution in [1.29, 1.82) is 0 Å². The lowest BCUT2D eigenvalue weighted by Gasteiger charge is -2.14. The third-order valence-corrected chi connectivity index (χ3v) is 1.99. The third kappa shape index (κ3) is 3.31. The second-order valence-corrected chi connectivity index (χ2v) is 4.48. The van der Waals surface area contributed by atoms with Gasteiger partial charge in [0.05, 0.1) is 0 Å². The summed E-state index contributed by atoms with van der Waals surface area (Å²) in [4.78, 5) is 11.5. The zero-order chi connectivity index (χ0) is 11.5. The molecule has 0 heterocycles. The van der Waals surface area contributed by atoms with Crippen LogP contribution in [0.3, 0.4) is 0 Å². The number of carbonyl (C=O) groups is 1. The van der Waals surface area contributed by atoms with Crippen LogP contribution in [-0.2, 0) is 4.79 Å². The first-order valence-electron chi connectivity index (χ1n) is 4.88. The number of hydrogen-bond acceptors (Lipinski definition) is 1. The second-order valence-electron chi connectivity index (χ2n) is 4.48. The van der Waals surface area contributed by atoms with E-state index in [1.807, 2.05) is 6.07 Å². The molecule has 0 atom stereocenters. The summed E-state index contributed by atoms with van der Waals surface area (Å²) < 4.78 is 13.5. The summed E-state index contributed by atoms with van der Waals surface area (Å²) in [7, 11) is 0. The number of allylic oxidation sites excluding steroid dienone is 1. The summed E-state index contributed by atoms with van der Waals surface area (Å²) in [5, 5.41) is 0. The molecule has 0 aliphatic heterocycles. The summed E-state index contributed by atoms with van der Waals surface area (Å²) in [5.41, 5.74) is 0.0302. The number of carbonyl (C=O) groups excluding carboxylic acids is 1. The fourth-order valence-corrected chi connectivity index (χ4v) is 1.12. The van der Waals surface area contributed by atoms with Gasteiger partial charge in [-0.1, -0.05) is 51.1 Å². The topological polar surface area (TPSA) is 17.1 Å². The largest absolute Gasteiger partial charge is 0.291 e. The molecule has 0 saturated carbocycles. The third-order valence-electron chi connectivity index (χ3n) is 1.99. The van der Waals surface area contributed by atoms with Gasteiger partial charge in [0.25, 0.3) is 0 Å². The van der Waals surface area contributed by atoms with Gasteiger partial charge < -0.3 is 0 Å². The van der Waals surface area contributed by atoms with E-state index in [2.05, 4.69) is 0 Å². The van der Waals surface area contributed by atoms with E-state index >= 15 is 0 Å². The van der Waals surface area contributed by atoms with E-state index in [9.17, 15) is 9.18 Å². The number of benzene rings is 1. The lowest BCUT2D eigenvalue weighted by molar-refractivity contribution is -0.123. The quantitative estimate of drug-likeness (QED) is 0.675. The summed E-state index contributed by atoms with van der Waals surface area (Å²) in [5.74, 6) is -1.15. The number of halogens is 1. The molecule has 2 heteroatoms. The fraction of sp³-hybridized carbons (Fsp3) is 0.308. The van der Waals surface area contributed by atoms with Crippen LogP contribution in [-0.4, -0.2) is 5.78 Å². The van der Waals surface area contributed by atoms with Crippen molar-refractivity contribution in [2.24, 2.45) is 5.41 Å². The highest BCUT2D eigenvalue weighted by molar-refractivity contribution is 6.00. The zero-order valence-corrected chi connectivity index (χ0v) is 9.25. The number of Topliss-reactive ketones (excluding diaryl/α,β-unsaturated/α-hetero) is 1. The maximum absolute atomic E-state index is 13.5. The summed E-state index contributed by atoms with van der Waals surface area (Å²) >= 11 is 0.